The lowest BCUT2D eigenvalue weighted by atomic mass is 9.96. The van der Waals surface area contributed by atoms with Crippen molar-refractivity contribution in [3.63, 3.8) is 0 Å². The summed E-state index contributed by atoms with van der Waals surface area (Å²) in [6, 6.07) is 0.508. The van der Waals surface area contributed by atoms with Gasteiger partial charge in [0.05, 0.1) is 17.1 Å². The van der Waals surface area contributed by atoms with E-state index in [9.17, 15) is 0 Å². The van der Waals surface area contributed by atoms with Gasteiger partial charge in [-0.2, -0.15) is 0 Å². The Morgan fingerprint density at radius 3 is 2.78 bits per heavy atom. The third-order valence-corrected chi connectivity index (χ3v) is 3.90. The van der Waals surface area contributed by atoms with Crippen LogP contribution in [-0.4, -0.2) is 21.6 Å². The number of nitrogens with one attached hydrogen (secondary N) is 1. The Labute approximate surface area is 129 Å². The molecule has 3 N–H and O–H groups in total. The van der Waals surface area contributed by atoms with Crippen molar-refractivity contribution in [3.05, 3.63) is 10.6 Å². The maximum atomic E-state index is 5.87. The fourth-order valence-electron chi connectivity index (χ4n) is 2.05. The second kappa shape index (κ2) is 7.88. The lowest BCUT2D eigenvalue weighted by molar-refractivity contribution is 0.412. The third-order valence-electron chi connectivity index (χ3n) is 3.10. The minimum atomic E-state index is 0. The summed E-state index contributed by atoms with van der Waals surface area (Å²) in [5, 5.41) is 7.24. The minimum absolute atomic E-state index is 0. The van der Waals surface area contributed by atoms with Crippen LogP contribution in [0.15, 0.2) is 4.99 Å². The lowest BCUT2D eigenvalue weighted by Gasteiger charge is -2.23. The second-order valence-electron chi connectivity index (χ2n) is 4.46. The lowest BCUT2D eigenvalue weighted by Crippen LogP contribution is -2.41. The number of hydrogen-bond donors (Lipinski definition) is 2. The second-order valence-corrected chi connectivity index (χ2v) is 5.30. The summed E-state index contributed by atoms with van der Waals surface area (Å²) in [4.78, 5) is 5.42. The first kappa shape index (κ1) is 15.6. The molecule has 0 unspecified atom stereocenters. The number of guanidine groups is 1. The monoisotopic (exact) mass is 381 g/mol. The third kappa shape index (κ3) is 4.68. The molecule has 0 amide bonds. The predicted octanol–water partition coefficient (Wildman–Crippen LogP) is 2.20. The highest BCUT2D eigenvalue weighted by molar-refractivity contribution is 14.0. The van der Waals surface area contributed by atoms with E-state index in [0.717, 1.165) is 10.6 Å². The van der Waals surface area contributed by atoms with Crippen LogP contribution in [0.25, 0.3) is 0 Å². The van der Waals surface area contributed by atoms with Crippen molar-refractivity contribution in [2.75, 3.05) is 0 Å². The topological polar surface area (TPSA) is 76.2 Å². The molecule has 0 spiro atoms. The smallest absolute Gasteiger partial charge is 0.189 e. The van der Waals surface area contributed by atoms with E-state index in [0.29, 0.717) is 18.5 Å². The summed E-state index contributed by atoms with van der Waals surface area (Å²) >= 11 is 1.39. The zero-order valence-electron chi connectivity index (χ0n) is 10.6. The molecule has 0 aliphatic heterocycles. The molecule has 0 bridgehead atoms. The number of halogens is 1. The molecule has 7 heteroatoms. The average molecular weight is 381 g/mol. The summed E-state index contributed by atoms with van der Waals surface area (Å²) in [6.45, 7) is 2.52. The normalized spacial score (nSPS) is 17.3. The Hall–Kier alpha value is -0.440. The maximum Gasteiger partial charge on any atom is 0.189 e. The molecule has 1 aliphatic carbocycles. The van der Waals surface area contributed by atoms with E-state index in [-0.39, 0.29) is 24.0 Å². The van der Waals surface area contributed by atoms with Crippen LogP contribution in [0.4, 0.5) is 0 Å². The van der Waals surface area contributed by atoms with Crippen LogP contribution in [0.1, 0.15) is 42.7 Å². The number of nitrogens with two attached hydrogens (primary N) is 1. The van der Waals surface area contributed by atoms with E-state index in [4.69, 9.17) is 5.73 Å². The Bertz CT molecular complexity index is 387. The Kier molecular flexibility index (Phi) is 6.83. The van der Waals surface area contributed by atoms with Crippen molar-refractivity contribution >= 4 is 41.5 Å². The molecule has 18 heavy (non-hydrogen) atoms. The average Bonchev–Trinajstić information content (AvgIpc) is 2.74. The van der Waals surface area contributed by atoms with Gasteiger partial charge < -0.3 is 11.1 Å². The molecule has 0 aromatic carbocycles. The summed E-state index contributed by atoms with van der Waals surface area (Å²) in [5.41, 5.74) is 6.82. The number of aromatic nitrogens is 2. The minimum Gasteiger partial charge on any atom is -0.370 e. The molecule has 0 atom stereocenters. The van der Waals surface area contributed by atoms with Crippen molar-refractivity contribution in [2.45, 2.75) is 51.6 Å². The summed E-state index contributed by atoms with van der Waals surface area (Å²) in [5.74, 6) is 0.546. The molecule has 1 aromatic rings. The highest BCUT2D eigenvalue weighted by Crippen LogP contribution is 2.17. The van der Waals surface area contributed by atoms with Gasteiger partial charge in [-0.1, -0.05) is 23.8 Å². The zero-order chi connectivity index (χ0) is 12.1. The molecule has 1 aliphatic rings. The highest BCUT2D eigenvalue weighted by Gasteiger charge is 2.13. The number of aliphatic imine (C=N–C) groups is 1. The van der Waals surface area contributed by atoms with Crippen molar-refractivity contribution < 1.29 is 0 Å². The van der Waals surface area contributed by atoms with Gasteiger partial charge in [0.2, 0.25) is 0 Å². The van der Waals surface area contributed by atoms with Crippen LogP contribution < -0.4 is 11.1 Å². The standard InChI is InChI=1S/C11H19N5S.HI/c1-8-10(17-16-15-8)7-13-11(12)14-9-5-3-2-4-6-9;/h9H,2-7H2,1H3,(H3,12,13,14);1H. The van der Waals surface area contributed by atoms with Crippen molar-refractivity contribution in [2.24, 2.45) is 10.7 Å². The first-order valence-corrected chi connectivity index (χ1v) is 6.87. The van der Waals surface area contributed by atoms with Gasteiger partial charge >= 0.3 is 0 Å². The Morgan fingerprint density at radius 1 is 1.44 bits per heavy atom. The van der Waals surface area contributed by atoms with Gasteiger partial charge in [-0.15, -0.1) is 29.1 Å². The molecule has 1 fully saturated rings. The maximum absolute atomic E-state index is 5.87. The first-order valence-electron chi connectivity index (χ1n) is 6.10. The molecular formula is C11H20IN5S. The number of nitrogens with zero attached hydrogens (tertiary/aromatic N) is 3. The molecule has 102 valence electrons. The largest absolute Gasteiger partial charge is 0.370 e. The van der Waals surface area contributed by atoms with Gasteiger partial charge in [-0.25, -0.2) is 4.99 Å². The number of hydrogen-bond acceptors (Lipinski definition) is 4. The van der Waals surface area contributed by atoms with Gasteiger partial charge in [0.25, 0.3) is 0 Å². The van der Waals surface area contributed by atoms with Crippen molar-refractivity contribution in [1.82, 2.24) is 14.9 Å². The Balaban J connectivity index is 0.00000162. The van der Waals surface area contributed by atoms with Gasteiger partial charge in [0.15, 0.2) is 5.96 Å². The molecule has 2 rings (SSSR count). The molecule has 1 saturated carbocycles. The highest BCUT2D eigenvalue weighted by atomic mass is 127. The van der Waals surface area contributed by atoms with Crippen LogP contribution in [0, 0.1) is 6.92 Å². The van der Waals surface area contributed by atoms with E-state index < -0.39 is 0 Å². The first-order chi connectivity index (χ1) is 8.25. The summed E-state index contributed by atoms with van der Waals surface area (Å²) in [7, 11) is 0. The molecule has 1 aromatic heterocycles. The van der Waals surface area contributed by atoms with Crippen LogP contribution in [0.2, 0.25) is 0 Å². The van der Waals surface area contributed by atoms with Gasteiger partial charge in [-0.3, -0.25) is 0 Å². The molecule has 5 nitrogen and oxygen atoms in total. The van der Waals surface area contributed by atoms with Crippen LogP contribution in [-0.2, 0) is 6.54 Å². The molecule has 0 radical (unpaired) electrons. The molecule has 0 saturated heterocycles. The fraction of sp³-hybridized carbons (Fsp3) is 0.727. The van der Waals surface area contributed by atoms with E-state index in [1.165, 1.54) is 43.6 Å². The van der Waals surface area contributed by atoms with Crippen LogP contribution >= 0.6 is 35.5 Å². The molecule has 1 heterocycles. The van der Waals surface area contributed by atoms with Gasteiger partial charge in [0, 0.05) is 6.04 Å². The summed E-state index contributed by atoms with van der Waals surface area (Å²) in [6.07, 6.45) is 6.35. The van der Waals surface area contributed by atoms with E-state index in [1.54, 1.807) is 0 Å². The fourth-order valence-corrected chi connectivity index (χ4v) is 2.61. The number of aryl methyl sites for hydroxylation is 1. The van der Waals surface area contributed by atoms with Gasteiger partial charge in [0.1, 0.15) is 0 Å². The van der Waals surface area contributed by atoms with E-state index in [1.807, 2.05) is 6.92 Å². The zero-order valence-corrected chi connectivity index (χ0v) is 13.7. The van der Waals surface area contributed by atoms with Crippen LogP contribution in [0.3, 0.4) is 0 Å². The van der Waals surface area contributed by atoms with Gasteiger partial charge in [-0.05, 0) is 31.3 Å². The quantitative estimate of drug-likeness (QED) is 0.478. The summed E-state index contributed by atoms with van der Waals surface area (Å²) < 4.78 is 3.88. The SMILES string of the molecule is Cc1nnsc1CN=C(N)NC1CCCCC1.I. The molecular weight excluding hydrogens is 361 g/mol. The van der Waals surface area contributed by atoms with Crippen molar-refractivity contribution in [3.8, 4) is 0 Å². The van der Waals surface area contributed by atoms with Crippen molar-refractivity contribution in [1.29, 1.82) is 0 Å². The van der Waals surface area contributed by atoms with E-state index >= 15 is 0 Å². The predicted molar refractivity (Wildman–Crippen MR) is 85.4 cm³/mol. The van der Waals surface area contributed by atoms with E-state index in [2.05, 4.69) is 19.9 Å². The number of rotatable bonds is 3. The Morgan fingerprint density at radius 2 is 2.17 bits per heavy atom. The van der Waals surface area contributed by atoms with Crippen LogP contribution in [0.5, 0.6) is 0 Å².